The molecule has 136 valence electrons. The molecular formula is C16H27AsN2O5. The zero-order chi connectivity index (χ0) is 18.0. The summed E-state index contributed by atoms with van der Waals surface area (Å²) in [6.45, 7) is 3.32. The molecule has 2 atom stereocenters. The molecule has 24 heavy (non-hydrogen) atoms. The van der Waals surface area contributed by atoms with Crippen LogP contribution < -0.4 is 15.6 Å². The van der Waals surface area contributed by atoms with Gasteiger partial charge < -0.3 is 5.73 Å². The molecule has 1 aromatic carbocycles. The first kappa shape index (κ1) is 20.9. The van der Waals surface area contributed by atoms with E-state index in [2.05, 4.69) is 14.6 Å². The third kappa shape index (κ3) is 7.19. The molecule has 2 rings (SSSR count). The summed E-state index contributed by atoms with van der Waals surface area (Å²) < 4.78 is 20.5. The largest absolute Gasteiger partial charge is 0.328 e. The van der Waals surface area contributed by atoms with Crippen molar-refractivity contribution in [2.24, 2.45) is 11.7 Å². The topological polar surface area (TPSA) is 111 Å². The number of amides is 1. The zero-order valence-corrected chi connectivity index (χ0v) is 16.1. The van der Waals surface area contributed by atoms with Crippen molar-refractivity contribution in [3.8, 4) is 0 Å². The molecule has 1 fully saturated rings. The summed E-state index contributed by atoms with van der Waals surface area (Å²) in [5.74, 6) is 0.295. The maximum Gasteiger partial charge on any atom is 0.00387 e. The van der Waals surface area contributed by atoms with E-state index in [0.717, 1.165) is 5.92 Å². The van der Waals surface area contributed by atoms with Gasteiger partial charge in [0.25, 0.3) is 0 Å². The van der Waals surface area contributed by atoms with Gasteiger partial charge in [-0.25, -0.2) is 0 Å². The van der Waals surface area contributed by atoms with E-state index in [-0.39, 0.29) is 4.35 Å². The Balaban J connectivity index is 0.000000272. The van der Waals surface area contributed by atoms with Crippen LogP contribution in [0.3, 0.4) is 0 Å². The number of hydroxylamine groups is 1. The van der Waals surface area contributed by atoms with Crippen LogP contribution in [0, 0.1) is 5.92 Å². The number of nitrogens with one attached hydrogen (secondary N) is 1. The van der Waals surface area contributed by atoms with Crippen molar-refractivity contribution >= 4 is 24.4 Å². The molecule has 2 unspecified atom stereocenters. The first-order valence-electron chi connectivity index (χ1n) is 8.08. The number of carbonyl (C=O) groups is 1. The average molecular weight is 402 g/mol. The van der Waals surface area contributed by atoms with Crippen LogP contribution in [0.4, 0.5) is 0 Å². The summed E-state index contributed by atoms with van der Waals surface area (Å²) in [4.78, 5) is 10.6. The quantitative estimate of drug-likeness (QED) is 0.393. The molecule has 4 N–H and O–H groups in total. The molecule has 0 spiro atoms. The second-order valence-electron chi connectivity index (χ2n) is 5.92. The van der Waals surface area contributed by atoms with E-state index < -0.39 is 20.1 Å². The van der Waals surface area contributed by atoms with Crippen molar-refractivity contribution in [1.29, 1.82) is 0 Å². The standard InChI is InChI=1S/C8H10AsNO5.C8H17N/c1-7(11)10-14-9(12,15-13)8-5-3-2-4-6-8;1-7(9)8-5-3-2-4-6-8/h2-6,13H,1H3,(H,10,11);7-8H,2-6,9H2,1H3. The molecule has 1 aliphatic carbocycles. The Morgan fingerprint density at radius 3 is 2.29 bits per heavy atom. The third-order valence-electron chi connectivity index (χ3n) is 3.88. The van der Waals surface area contributed by atoms with E-state index in [4.69, 9.17) is 11.0 Å². The van der Waals surface area contributed by atoms with Crippen LogP contribution in [0.1, 0.15) is 46.0 Å². The Kier molecular flexibility index (Phi) is 9.32. The molecule has 1 aliphatic rings. The number of carbonyl (C=O) groups excluding carboxylic acids is 1. The van der Waals surface area contributed by atoms with Crippen molar-refractivity contribution in [1.82, 2.24) is 5.48 Å². The molecule has 0 bridgehead atoms. The summed E-state index contributed by atoms with van der Waals surface area (Å²) >= 11 is -4.55. The Labute approximate surface area is 145 Å². The van der Waals surface area contributed by atoms with Crippen LogP contribution in [-0.4, -0.2) is 31.4 Å². The number of hydrogen-bond donors (Lipinski definition) is 3. The van der Waals surface area contributed by atoms with Gasteiger partial charge in [-0.05, 0) is 25.7 Å². The fourth-order valence-corrected chi connectivity index (χ4v) is 4.65. The monoisotopic (exact) mass is 402 g/mol. The fourth-order valence-electron chi connectivity index (χ4n) is 2.51. The van der Waals surface area contributed by atoms with E-state index in [9.17, 15) is 8.53 Å². The minimum absolute atomic E-state index is 0.201. The number of nitrogens with two attached hydrogens (primary N) is 1. The minimum atomic E-state index is -4.55. The third-order valence-corrected chi connectivity index (χ3v) is 6.98. The fraction of sp³-hybridized carbons (Fsp3) is 0.562. The van der Waals surface area contributed by atoms with Crippen molar-refractivity contribution in [3.05, 3.63) is 30.3 Å². The van der Waals surface area contributed by atoms with E-state index in [1.54, 1.807) is 18.2 Å². The Bertz CT molecular complexity index is 533. The SMILES string of the molecule is CC(=O)NO[As](=O)(OO)c1ccccc1.CC(N)C1CCCCC1. The van der Waals surface area contributed by atoms with Crippen molar-refractivity contribution in [2.45, 2.75) is 52.0 Å². The summed E-state index contributed by atoms with van der Waals surface area (Å²) in [5.41, 5.74) is 7.64. The van der Waals surface area contributed by atoms with Gasteiger partial charge in [0.05, 0.1) is 0 Å². The normalized spacial score (nSPS) is 18.7. The van der Waals surface area contributed by atoms with E-state index in [1.807, 2.05) is 5.48 Å². The molecule has 0 aliphatic heterocycles. The number of hydrogen-bond acceptors (Lipinski definition) is 6. The van der Waals surface area contributed by atoms with Crippen LogP contribution >= 0.6 is 0 Å². The van der Waals surface area contributed by atoms with Crippen LogP contribution in [0.2, 0.25) is 0 Å². The molecule has 0 heterocycles. The smallest absolute Gasteiger partial charge is 0.00387 e. The number of benzene rings is 1. The van der Waals surface area contributed by atoms with Gasteiger partial charge in [0, 0.05) is 6.04 Å². The van der Waals surface area contributed by atoms with E-state index >= 15 is 0 Å². The summed E-state index contributed by atoms with van der Waals surface area (Å²) in [6.07, 6.45) is 7.00. The van der Waals surface area contributed by atoms with Crippen LogP contribution in [-0.2, 0) is 16.2 Å². The van der Waals surface area contributed by atoms with Gasteiger partial charge in [-0.15, -0.1) is 0 Å². The van der Waals surface area contributed by atoms with Gasteiger partial charge >= 0.3 is 88.7 Å². The van der Waals surface area contributed by atoms with Crippen molar-refractivity contribution in [3.63, 3.8) is 0 Å². The first-order chi connectivity index (χ1) is 11.4. The first-order valence-corrected chi connectivity index (χ1v) is 11.3. The van der Waals surface area contributed by atoms with E-state index in [1.165, 1.54) is 51.2 Å². The Hall–Kier alpha value is -1.11. The maximum absolute atomic E-state index is 11.8. The molecule has 8 heteroatoms. The minimum Gasteiger partial charge on any atom is -0.328 e. The second kappa shape index (κ2) is 10.7. The maximum atomic E-state index is 11.8. The zero-order valence-electron chi connectivity index (χ0n) is 14.2. The van der Waals surface area contributed by atoms with Crippen molar-refractivity contribution in [2.75, 3.05) is 0 Å². The van der Waals surface area contributed by atoms with Crippen LogP contribution in [0.15, 0.2) is 30.3 Å². The molecule has 1 amide bonds. The van der Waals surface area contributed by atoms with Crippen LogP contribution in [0.25, 0.3) is 0 Å². The summed E-state index contributed by atoms with van der Waals surface area (Å²) in [6, 6.07) is 8.30. The predicted octanol–water partition coefficient (Wildman–Crippen LogP) is 1.73. The van der Waals surface area contributed by atoms with Gasteiger partial charge in [0.15, 0.2) is 0 Å². The van der Waals surface area contributed by atoms with Gasteiger partial charge in [-0.2, -0.15) is 0 Å². The molecule has 1 saturated carbocycles. The molecular weight excluding hydrogens is 375 g/mol. The van der Waals surface area contributed by atoms with Crippen LogP contribution in [0.5, 0.6) is 0 Å². The number of rotatable bonds is 5. The molecule has 0 saturated heterocycles. The molecule has 7 nitrogen and oxygen atoms in total. The predicted molar refractivity (Wildman–Crippen MR) is 91.4 cm³/mol. The molecule has 0 radical (unpaired) electrons. The van der Waals surface area contributed by atoms with Gasteiger partial charge in [-0.3, -0.25) is 0 Å². The summed E-state index contributed by atoms with van der Waals surface area (Å²) in [5, 5.41) is 8.54. The van der Waals surface area contributed by atoms with Gasteiger partial charge in [0.1, 0.15) is 0 Å². The van der Waals surface area contributed by atoms with Gasteiger partial charge in [0.2, 0.25) is 0 Å². The summed E-state index contributed by atoms with van der Waals surface area (Å²) in [7, 11) is 0. The molecule has 1 aromatic rings. The molecule has 0 aromatic heterocycles. The van der Waals surface area contributed by atoms with Crippen molar-refractivity contribution < 1.29 is 21.5 Å². The Morgan fingerprint density at radius 1 is 1.29 bits per heavy atom. The average Bonchev–Trinajstić information content (AvgIpc) is 2.61. The van der Waals surface area contributed by atoms with E-state index in [0.29, 0.717) is 6.04 Å². The Morgan fingerprint density at radius 2 is 1.88 bits per heavy atom. The second-order valence-corrected chi connectivity index (χ2v) is 9.82. The van der Waals surface area contributed by atoms with Gasteiger partial charge in [-0.1, -0.05) is 19.3 Å².